The molecular formula is C18H19ClN2O2. The number of imidazole rings is 1. The molecule has 2 aromatic carbocycles. The molecule has 3 rings (SSSR count). The first-order valence-electron chi connectivity index (χ1n) is 7.45. The standard InChI is InChI=1S/C18H19ClN2O2/c1-12-20-15-6-5-14(19)11-16(15)21(12)9-8-13-4-7-17(22-2)18(10-13)23-3/h4-7,10-11H,8-9H2,1-3H3. The molecule has 3 aromatic rings. The lowest BCUT2D eigenvalue weighted by Crippen LogP contribution is -2.04. The van der Waals surface area contributed by atoms with E-state index in [1.165, 1.54) is 5.56 Å². The normalized spacial score (nSPS) is 11.0. The van der Waals surface area contributed by atoms with Gasteiger partial charge in [0, 0.05) is 11.6 Å². The van der Waals surface area contributed by atoms with Crippen LogP contribution in [0.1, 0.15) is 11.4 Å². The molecule has 23 heavy (non-hydrogen) atoms. The Bertz CT molecular complexity index is 842. The van der Waals surface area contributed by atoms with Gasteiger partial charge in [0.25, 0.3) is 0 Å². The van der Waals surface area contributed by atoms with Gasteiger partial charge in [-0.2, -0.15) is 0 Å². The molecule has 0 N–H and O–H groups in total. The second-order valence-corrected chi connectivity index (χ2v) is 5.82. The maximum atomic E-state index is 6.12. The maximum Gasteiger partial charge on any atom is 0.160 e. The van der Waals surface area contributed by atoms with Crippen molar-refractivity contribution >= 4 is 22.6 Å². The van der Waals surface area contributed by atoms with Crippen LogP contribution >= 0.6 is 11.6 Å². The van der Waals surface area contributed by atoms with E-state index in [9.17, 15) is 0 Å². The topological polar surface area (TPSA) is 36.3 Å². The van der Waals surface area contributed by atoms with Crippen LogP contribution in [0.25, 0.3) is 11.0 Å². The predicted molar refractivity (Wildman–Crippen MR) is 92.7 cm³/mol. The third-order valence-corrected chi connectivity index (χ3v) is 4.21. The van der Waals surface area contributed by atoms with Crippen LogP contribution in [-0.4, -0.2) is 23.8 Å². The number of benzene rings is 2. The Balaban J connectivity index is 1.86. The molecule has 0 amide bonds. The summed E-state index contributed by atoms with van der Waals surface area (Å²) in [4.78, 5) is 4.59. The Kier molecular flexibility index (Phi) is 4.44. The van der Waals surface area contributed by atoms with Crippen LogP contribution in [0.15, 0.2) is 36.4 Å². The maximum absolute atomic E-state index is 6.12. The average molecular weight is 331 g/mol. The van der Waals surface area contributed by atoms with E-state index in [4.69, 9.17) is 21.1 Å². The average Bonchev–Trinajstić information content (AvgIpc) is 2.87. The van der Waals surface area contributed by atoms with Gasteiger partial charge in [0.1, 0.15) is 5.82 Å². The van der Waals surface area contributed by atoms with Crippen LogP contribution in [0.3, 0.4) is 0 Å². The third kappa shape index (κ3) is 3.13. The Hall–Kier alpha value is -2.20. The monoisotopic (exact) mass is 330 g/mol. The van der Waals surface area contributed by atoms with Crippen LogP contribution in [0.4, 0.5) is 0 Å². The molecule has 0 saturated heterocycles. The Morgan fingerprint density at radius 1 is 1.04 bits per heavy atom. The van der Waals surface area contributed by atoms with Gasteiger partial charge in [-0.1, -0.05) is 17.7 Å². The SMILES string of the molecule is COc1ccc(CCn2c(C)nc3ccc(Cl)cc32)cc1OC. The highest BCUT2D eigenvalue weighted by molar-refractivity contribution is 6.31. The van der Waals surface area contributed by atoms with Gasteiger partial charge >= 0.3 is 0 Å². The summed E-state index contributed by atoms with van der Waals surface area (Å²) in [6, 6.07) is 11.8. The summed E-state index contributed by atoms with van der Waals surface area (Å²) >= 11 is 6.12. The van der Waals surface area contributed by atoms with Crippen molar-refractivity contribution in [2.75, 3.05) is 14.2 Å². The van der Waals surface area contributed by atoms with Crippen molar-refractivity contribution in [3.63, 3.8) is 0 Å². The van der Waals surface area contributed by atoms with Gasteiger partial charge < -0.3 is 14.0 Å². The Morgan fingerprint density at radius 2 is 1.83 bits per heavy atom. The minimum Gasteiger partial charge on any atom is -0.493 e. The first kappa shape index (κ1) is 15.7. The van der Waals surface area contributed by atoms with Gasteiger partial charge in [0.05, 0.1) is 25.3 Å². The largest absolute Gasteiger partial charge is 0.493 e. The fourth-order valence-corrected chi connectivity index (χ4v) is 2.94. The quantitative estimate of drug-likeness (QED) is 0.701. The van der Waals surface area contributed by atoms with Crippen molar-refractivity contribution in [2.45, 2.75) is 19.9 Å². The summed E-state index contributed by atoms with van der Waals surface area (Å²) in [6.45, 7) is 2.85. The number of rotatable bonds is 5. The summed E-state index contributed by atoms with van der Waals surface area (Å²) in [7, 11) is 3.29. The number of methoxy groups -OCH3 is 2. The van der Waals surface area contributed by atoms with E-state index in [0.717, 1.165) is 46.3 Å². The predicted octanol–water partition coefficient (Wildman–Crippen LogP) is 4.26. The van der Waals surface area contributed by atoms with Crippen LogP contribution in [0, 0.1) is 6.92 Å². The minimum absolute atomic E-state index is 0.727. The molecule has 0 saturated carbocycles. The van der Waals surface area contributed by atoms with Gasteiger partial charge in [-0.15, -0.1) is 0 Å². The second kappa shape index (κ2) is 6.50. The highest BCUT2D eigenvalue weighted by Crippen LogP contribution is 2.28. The number of aryl methyl sites for hydroxylation is 3. The number of aromatic nitrogens is 2. The summed E-state index contributed by atoms with van der Waals surface area (Å²) in [5, 5.41) is 0.727. The van der Waals surface area contributed by atoms with E-state index >= 15 is 0 Å². The number of ether oxygens (including phenoxy) is 2. The summed E-state index contributed by atoms with van der Waals surface area (Å²) in [6.07, 6.45) is 0.874. The third-order valence-electron chi connectivity index (χ3n) is 3.97. The molecule has 0 atom stereocenters. The number of hydrogen-bond acceptors (Lipinski definition) is 3. The molecular weight excluding hydrogens is 312 g/mol. The Labute approximate surface area is 140 Å². The number of nitrogens with zero attached hydrogens (tertiary/aromatic N) is 2. The lowest BCUT2D eigenvalue weighted by molar-refractivity contribution is 0.354. The fraction of sp³-hybridized carbons (Fsp3) is 0.278. The molecule has 0 aliphatic rings. The van der Waals surface area contributed by atoms with E-state index in [2.05, 4.69) is 15.6 Å². The van der Waals surface area contributed by atoms with Crippen LogP contribution in [0.2, 0.25) is 5.02 Å². The Morgan fingerprint density at radius 3 is 2.57 bits per heavy atom. The first-order chi connectivity index (χ1) is 11.1. The summed E-state index contributed by atoms with van der Waals surface area (Å²) in [5.74, 6) is 2.48. The molecule has 120 valence electrons. The number of fused-ring (bicyclic) bond motifs is 1. The zero-order valence-electron chi connectivity index (χ0n) is 13.5. The molecule has 0 bridgehead atoms. The van der Waals surface area contributed by atoms with Crippen molar-refractivity contribution in [1.29, 1.82) is 0 Å². The molecule has 0 unspecified atom stereocenters. The van der Waals surface area contributed by atoms with E-state index in [1.54, 1.807) is 14.2 Å². The molecule has 1 heterocycles. The zero-order valence-corrected chi connectivity index (χ0v) is 14.2. The second-order valence-electron chi connectivity index (χ2n) is 5.38. The highest BCUT2D eigenvalue weighted by Gasteiger charge is 2.09. The summed E-state index contributed by atoms with van der Waals surface area (Å²) < 4.78 is 12.8. The number of halogens is 1. The van der Waals surface area contributed by atoms with Gasteiger partial charge in [-0.05, 0) is 49.2 Å². The van der Waals surface area contributed by atoms with E-state index in [-0.39, 0.29) is 0 Å². The molecule has 4 nitrogen and oxygen atoms in total. The van der Waals surface area contributed by atoms with Crippen molar-refractivity contribution in [3.05, 3.63) is 52.8 Å². The van der Waals surface area contributed by atoms with Crippen molar-refractivity contribution in [2.24, 2.45) is 0 Å². The first-order valence-corrected chi connectivity index (χ1v) is 7.83. The molecule has 5 heteroatoms. The van der Waals surface area contributed by atoms with Gasteiger partial charge in [0.15, 0.2) is 11.5 Å². The van der Waals surface area contributed by atoms with Gasteiger partial charge in [-0.25, -0.2) is 4.98 Å². The van der Waals surface area contributed by atoms with Crippen LogP contribution in [-0.2, 0) is 13.0 Å². The van der Waals surface area contributed by atoms with Crippen molar-refractivity contribution < 1.29 is 9.47 Å². The van der Waals surface area contributed by atoms with E-state index < -0.39 is 0 Å². The molecule has 0 aliphatic heterocycles. The van der Waals surface area contributed by atoms with Crippen molar-refractivity contribution in [3.8, 4) is 11.5 Å². The number of hydrogen-bond donors (Lipinski definition) is 0. The minimum atomic E-state index is 0.727. The van der Waals surface area contributed by atoms with E-state index in [0.29, 0.717) is 0 Å². The fourth-order valence-electron chi connectivity index (χ4n) is 2.78. The van der Waals surface area contributed by atoms with Crippen molar-refractivity contribution in [1.82, 2.24) is 9.55 Å². The lowest BCUT2D eigenvalue weighted by atomic mass is 10.1. The van der Waals surface area contributed by atoms with Crippen LogP contribution in [0.5, 0.6) is 11.5 Å². The molecule has 0 fully saturated rings. The van der Waals surface area contributed by atoms with Gasteiger partial charge in [0.2, 0.25) is 0 Å². The summed E-state index contributed by atoms with van der Waals surface area (Å²) in [5.41, 5.74) is 3.22. The zero-order chi connectivity index (χ0) is 16.4. The lowest BCUT2D eigenvalue weighted by Gasteiger charge is -2.11. The molecule has 0 aliphatic carbocycles. The smallest absolute Gasteiger partial charge is 0.160 e. The van der Waals surface area contributed by atoms with Gasteiger partial charge in [-0.3, -0.25) is 0 Å². The van der Waals surface area contributed by atoms with E-state index in [1.807, 2.05) is 37.3 Å². The van der Waals surface area contributed by atoms with Crippen LogP contribution < -0.4 is 9.47 Å². The molecule has 1 aromatic heterocycles. The molecule has 0 spiro atoms. The molecule has 0 radical (unpaired) electrons. The highest BCUT2D eigenvalue weighted by atomic mass is 35.5.